The number of hydrogen-bond donors (Lipinski definition) is 1. The number of rotatable bonds is 4. The zero-order valence-corrected chi connectivity index (χ0v) is 15.8. The van der Waals surface area contributed by atoms with Gasteiger partial charge < -0.3 is 4.90 Å². The second kappa shape index (κ2) is 8.13. The van der Waals surface area contributed by atoms with E-state index in [0.717, 1.165) is 57.6 Å². The van der Waals surface area contributed by atoms with Crippen molar-refractivity contribution in [3.8, 4) is 0 Å². The van der Waals surface area contributed by atoms with Crippen LogP contribution in [0.25, 0.3) is 0 Å². The number of nitrogens with one attached hydrogen (secondary N) is 1. The van der Waals surface area contributed by atoms with Crippen molar-refractivity contribution >= 4 is 5.69 Å². The monoisotopic (exact) mass is 393 g/mol. The van der Waals surface area contributed by atoms with Crippen molar-refractivity contribution in [2.24, 2.45) is 0 Å². The number of anilines is 1. The first-order valence-electron chi connectivity index (χ1n) is 9.86. The fourth-order valence-electron chi connectivity index (χ4n) is 4.31. The predicted octanol–water partition coefficient (Wildman–Crippen LogP) is 3.22. The number of nitrogens with zero attached hydrogens (tertiary/aromatic N) is 4. The summed E-state index contributed by atoms with van der Waals surface area (Å²) < 4.78 is 38.9. The molecule has 8 heteroatoms. The highest BCUT2D eigenvalue weighted by Gasteiger charge is 2.32. The number of aromatic nitrogens is 2. The van der Waals surface area contributed by atoms with Gasteiger partial charge in [0.2, 0.25) is 0 Å². The van der Waals surface area contributed by atoms with Gasteiger partial charge in [-0.15, -0.1) is 0 Å². The first-order valence-corrected chi connectivity index (χ1v) is 9.86. The molecule has 1 atom stereocenters. The van der Waals surface area contributed by atoms with Gasteiger partial charge in [-0.3, -0.25) is 14.9 Å². The molecule has 152 valence electrons. The molecule has 28 heavy (non-hydrogen) atoms. The minimum Gasteiger partial charge on any atom is -0.369 e. The SMILES string of the molecule is FC(F)(F)c1cccc(N2CCN([C@@H]3CCCN(Cc4ccn[nH]4)C3)CC2)c1. The molecule has 2 saturated heterocycles. The molecule has 1 N–H and O–H groups in total. The molecule has 0 radical (unpaired) electrons. The average molecular weight is 393 g/mol. The number of halogens is 3. The standard InChI is InChI=1S/C20H26F3N5/c21-20(22,23)16-3-1-4-18(13-16)27-9-11-28(12-10-27)19-5-2-8-26(15-19)14-17-6-7-24-25-17/h1,3-4,6-7,13,19H,2,5,8-12,14-15H2,(H,24,25)/t19-/m1/s1. The first-order chi connectivity index (χ1) is 13.5. The molecule has 5 nitrogen and oxygen atoms in total. The van der Waals surface area contributed by atoms with Crippen molar-refractivity contribution in [3.05, 3.63) is 47.8 Å². The maximum Gasteiger partial charge on any atom is 0.416 e. The normalized spacial score (nSPS) is 22.5. The van der Waals surface area contributed by atoms with E-state index in [4.69, 9.17) is 0 Å². The van der Waals surface area contributed by atoms with Crippen molar-refractivity contribution in [1.29, 1.82) is 0 Å². The van der Waals surface area contributed by atoms with Gasteiger partial charge in [0, 0.05) is 62.9 Å². The lowest BCUT2D eigenvalue weighted by atomic mass is 10.0. The van der Waals surface area contributed by atoms with E-state index in [-0.39, 0.29) is 0 Å². The molecule has 2 aromatic rings. The fourth-order valence-corrected chi connectivity index (χ4v) is 4.31. The van der Waals surface area contributed by atoms with Crippen LogP contribution in [0.3, 0.4) is 0 Å². The van der Waals surface area contributed by atoms with E-state index < -0.39 is 11.7 Å². The summed E-state index contributed by atoms with van der Waals surface area (Å²) in [5, 5.41) is 7.04. The van der Waals surface area contributed by atoms with Crippen LogP contribution >= 0.6 is 0 Å². The Morgan fingerprint density at radius 2 is 1.89 bits per heavy atom. The van der Waals surface area contributed by atoms with Gasteiger partial charge in [0.1, 0.15) is 0 Å². The van der Waals surface area contributed by atoms with Crippen LogP contribution in [0, 0.1) is 0 Å². The van der Waals surface area contributed by atoms with Crippen molar-refractivity contribution in [1.82, 2.24) is 20.0 Å². The van der Waals surface area contributed by atoms with Gasteiger partial charge in [0.15, 0.2) is 0 Å². The lowest BCUT2D eigenvalue weighted by Gasteiger charge is -2.44. The van der Waals surface area contributed by atoms with E-state index in [2.05, 4.69) is 24.9 Å². The Morgan fingerprint density at radius 1 is 1.07 bits per heavy atom. The number of likely N-dealkylation sites (tertiary alicyclic amines) is 1. The third-order valence-corrected chi connectivity index (χ3v) is 5.80. The molecule has 0 saturated carbocycles. The maximum absolute atomic E-state index is 13.0. The van der Waals surface area contributed by atoms with Crippen LogP contribution < -0.4 is 4.90 Å². The quantitative estimate of drug-likeness (QED) is 0.866. The maximum atomic E-state index is 13.0. The molecule has 2 aliphatic rings. The van der Waals surface area contributed by atoms with E-state index >= 15 is 0 Å². The van der Waals surface area contributed by atoms with Crippen molar-refractivity contribution in [3.63, 3.8) is 0 Å². The Morgan fingerprint density at radius 3 is 2.61 bits per heavy atom. The van der Waals surface area contributed by atoms with E-state index in [9.17, 15) is 13.2 Å². The molecular weight excluding hydrogens is 367 g/mol. The topological polar surface area (TPSA) is 38.4 Å². The first kappa shape index (κ1) is 19.3. The Kier molecular flexibility index (Phi) is 5.59. The summed E-state index contributed by atoms with van der Waals surface area (Å²) in [5.74, 6) is 0. The van der Waals surface area contributed by atoms with Crippen LogP contribution in [0.1, 0.15) is 24.1 Å². The van der Waals surface area contributed by atoms with Gasteiger partial charge in [0.05, 0.1) is 5.56 Å². The summed E-state index contributed by atoms with van der Waals surface area (Å²) in [6.45, 7) is 6.32. The third-order valence-electron chi connectivity index (χ3n) is 5.80. The molecule has 1 aromatic carbocycles. The second-order valence-electron chi connectivity index (χ2n) is 7.68. The highest BCUT2D eigenvalue weighted by Crippen LogP contribution is 2.32. The van der Waals surface area contributed by atoms with Gasteiger partial charge in [-0.25, -0.2) is 0 Å². The molecule has 0 spiro atoms. The molecule has 0 aliphatic carbocycles. The molecule has 0 unspecified atom stereocenters. The molecular formula is C20H26F3N5. The minimum absolute atomic E-state index is 0.514. The zero-order chi connectivity index (χ0) is 19.6. The van der Waals surface area contributed by atoms with Gasteiger partial charge in [-0.2, -0.15) is 18.3 Å². The van der Waals surface area contributed by atoms with Crippen molar-refractivity contribution in [2.45, 2.75) is 31.6 Å². The van der Waals surface area contributed by atoms with Crippen LogP contribution in [0.15, 0.2) is 36.5 Å². The van der Waals surface area contributed by atoms with Gasteiger partial charge in [0.25, 0.3) is 0 Å². The number of benzene rings is 1. The van der Waals surface area contributed by atoms with Gasteiger partial charge in [-0.05, 0) is 43.7 Å². The third kappa shape index (κ3) is 4.50. The van der Waals surface area contributed by atoms with Crippen LogP contribution in [-0.2, 0) is 12.7 Å². The summed E-state index contributed by atoms with van der Waals surface area (Å²) in [4.78, 5) is 7.03. The van der Waals surface area contributed by atoms with Crippen LogP contribution in [0.5, 0.6) is 0 Å². The Balaban J connectivity index is 1.32. The predicted molar refractivity (Wildman–Crippen MR) is 102 cm³/mol. The van der Waals surface area contributed by atoms with Crippen molar-refractivity contribution in [2.75, 3.05) is 44.2 Å². The Hall–Kier alpha value is -2.06. The molecule has 2 fully saturated rings. The highest BCUT2D eigenvalue weighted by molar-refractivity contribution is 5.49. The van der Waals surface area contributed by atoms with E-state index in [1.165, 1.54) is 25.0 Å². The number of piperazine rings is 1. The second-order valence-corrected chi connectivity index (χ2v) is 7.68. The molecule has 1 aromatic heterocycles. The van der Waals surface area contributed by atoms with Crippen LogP contribution in [-0.4, -0.2) is 65.3 Å². The molecule has 4 rings (SSSR count). The number of alkyl halides is 3. The lowest BCUT2D eigenvalue weighted by molar-refractivity contribution is -0.137. The number of aromatic amines is 1. The van der Waals surface area contributed by atoms with E-state index in [1.54, 1.807) is 12.3 Å². The molecule has 2 aliphatic heterocycles. The van der Waals surface area contributed by atoms with Crippen LogP contribution in [0.2, 0.25) is 0 Å². The summed E-state index contributed by atoms with van der Waals surface area (Å²) in [6.07, 6.45) is -0.155. The molecule has 0 amide bonds. The highest BCUT2D eigenvalue weighted by atomic mass is 19.4. The summed E-state index contributed by atoms with van der Waals surface area (Å²) in [6, 6.07) is 8.20. The van der Waals surface area contributed by atoms with E-state index in [0.29, 0.717) is 11.7 Å². The molecule has 3 heterocycles. The zero-order valence-electron chi connectivity index (χ0n) is 15.8. The average Bonchev–Trinajstić information content (AvgIpc) is 3.21. The number of hydrogen-bond acceptors (Lipinski definition) is 4. The van der Waals surface area contributed by atoms with Gasteiger partial charge >= 0.3 is 6.18 Å². The van der Waals surface area contributed by atoms with E-state index in [1.807, 2.05) is 6.07 Å². The lowest BCUT2D eigenvalue weighted by Crippen LogP contribution is -2.55. The molecule has 0 bridgehead atoms. The van der Waals surface area contributed by atoms with Crippen molar-refractivity contribution < 1.29 is 13.2 Å². The smallest absolute Gasteiger partial charge is 0.369 e. The summed E-state index contributed by atoms with van der Waals surface area (Å²) in [5.41, 5.74) is 1.23. The minimum atomic E-state index is -4.29. The van der Waals surface area contributed by atoms with Crippen LogP contribution in [0.4, 0.5) is 18.9 Å². The Labute approximate surface area is 163 Å². The number of piperidine rings is 1. The summed E-state index contributed by atoms with van der Waals surface area (Å²) in [7, 11) is 0. The fraction of sp³-hybridized carbons (Fsp3) is 0.550. The largest absolute Gasteiger partial charge is 0.416 e. The number of H-pyrrole nitrogens is 1. The van der Waals surface area contributed by atoms with Gasteiger partial charge in [-0.1, -0.05) is 6.07 Å². The summed E-state index contributed by atoms with van der Waals surface area (Å²) >= 11 is 0. The Bertz CT molecular complexity index is 753.